The van der Waals surface area contributed by atoms with E-state index in [1.807, 2.05) is 0 Å². The summed E-state index contributed by atoms with van der Waals surface area (Å²) in [6, 6.07) is 0. The molecular formula is C10H21N. The molecule has 0 aliphatic carbocycles. The fraction of sp³-hybridized carbons (Fsp3) is 1.00. The molecule has 0 aromatic carbocycles. The van der Waals surface area contributed by atoms with Gasteiger partial charge in [0.05, 0.1) is 0 Å². The molecule has 1 heteroatoms. The smallest absolute Gasteiger partial charge is 0.0130 e. The molecule has 1 unspecified atom stereocenters. The van der Waals surface area contributed by atoms with Gasteiger partial charge in [0.15, 0.2) is 0 Å². The van der Waals surface area contributed by atoms with Crippen molar-refractivity contribution in [1.82, 2.24) is 5.32 Å². The first kappa shape index (κ1) is 9.05. The highest BCUT2D eigenvalue weighted by molar-refractivity contribution is 4.91. The van der Waals surface area contributed by atoms with Crippen LogP contribution in [0.4, 0.5) is 0 Å². The maximum atomic E-state index is 3.55. The summed E-state index contributed by atoms with van der Waals surface area (Å²) in [4.78, 5) is 0. The summed E-state index contributed by atoms with van der Waals surface area (Å²) < 4.78 is 0. The molecule has 1 atom stereocenters. The Bertz CT molecular complexity index is 140. The van der Waals surface area contributed by atoms with Gasteiger partial charge in [-0.25, -0.2) is 0 Å². The first-order chi connectivity index (χ1) is 4.97. The number of nitrogens with one attached hydrogen (secondary N) is 1. The van der Waals surface area contributed by atoms with E-state index in [1.54, 1.807) is 0 Å². The highest BCUT2D eigenvalue weighted by Crippen LogP contribution is 2.37. The van der Waals surface area contributed by atoms with Crippen molar-refractivity contribution >= 4 is 0 Å². The van der Waals surface area contributed by atoms with Crippen molar-refractivity contribution < 1.29 is 0 Å². The summed E-state index contributed by atoms with van der Waals surface area (Å²) in [5.74, 6) is 0. The quantitative estimate of drug-likeness (QED) is 0.613. The average Bonchev–Trinajstić information content (AvgIpc) is 1.85. The fourth-order valence-corrected chi connectivity index (χ4v) is 2.22. The first-order valence-electron chi connectivity index (χ1n) is 4.72. The Kier molecular flexibility index (Phi) is 2.29. The fourth-order valence-electron chi connectivity index (χ4n) is 2.22. The minimum Gasteiger partial charge on any atom is -0.312 e. The molecule has 1 nitrogen and oxygen atoms in total. The molecule has 1 N–H and O–H groups in total. The van der Waals surface area contributed by atoms with Gasteiger partial charge in [-0.3, -0.25) is 0 Å². The molecular weight excluding hydrogens is 134 g/mol. The second-order valence-corrected chi connectivity index (χ2v) is 4.90. The Morgan fingerprint density at radius 1 is 1.27 bits per heavy atom. The minimum atomic E-state index is 0.364. The van der Waals surface area contributed by atoms with E-state index in [-0.39, 0.29) is 0 Å². The lowest BCUT2D eigenvalue weighted by atomic mass is 9.71. The number of rotatable bonds is 1. The van der Waals surface area contributed by atoms with Crippen LogP contribution in [0.2, 0.25) is 0 Å². The predicted molar refractivity (Wildman–Crippen MR) is 49.7 cm³/mol. The molecule has 11 heavy (non-hydrogen) atoms. The number of hydrogen-bond donors (Lipinski definition) is 1. The van der Waals surface area contributed by atoms with Gasteiger partial charge >= 0.3 is 0 Å². The zero-order valence-corrected chi connectivity index (χ0v) is 8.33. The summed E-state index contributed by atoms with van der Waals surface area (Å²) in [5.41, 5.74) is 0.956. The molecule has 0 aromatic heterocycles. The van der Waals surface area contributed by atoms with Crippen LogP contribution < -0.4 is 5.32 Å². The SMILES string of the molecule is CCC1(C)CCNC(C)(C)C1. The molecule has 0 saturated carbocycles. The van der Waals surface area contributed by atoms with Gasteiger partial charge in [0.1, 0.15) is 0 Å². The van der Waals surface area contributed by atoms with Gasteiger partial charge < -0.3 is 5.32 Å². The van der Waals surface area contributed by atoms with Gasteiger partial charge in [-0.1, -0.05) is 20.3 Å². The van der Waals surface area contributed by atoms with Crippen molar-refractivity contribution in [3.05, 3.63) is 0 Å². The molecule has 1 aliphatic rings. The van der Waals surface area contributed by atoms with Gasteiger partial charge in [0, 0.05) is 5.54 Å². The molecule has 66 valence electrons. The Morgan fingerprint density at radius 2 is 1.91 bits per heavy atom. The molecule has 0 amide bonds. The van der Waals surface area contributed by atoms with Crippen LogP contribution in [-0.4, -0.2) is 12.1 Å². The first-order valence-corrected chi connectivity index (χ1v) is 4.72. The Hall–Kier alpha value is -0.0400. The van der Waals surface area contributed by atoms with Gasteiger partial charge in [-0.2, -0.15) is 0 Å². The molecule has 1 saturated heterocycles. The average molecular weight is 155 g/mol. The van der Waals surface area contributed by atoms with Crippen LogP contribution in [0.5, 0.6) is 0 Å². The Labute approximate surface area is 70.6 Å². The number of piperidine rings is 1. The molecule has 1 aliphatic heterocycles. The summed E-state index contributed by atoms with van der Waals surface area (Å²) in [7, 11) is 0. The zero-order chi connectivity index (χ0) is 8.54. The highest BCUT2D eigenvalue weighted by atomic mass is 15.0. The van der Waals surface area contributed by atoms with E-state index in [4.69, 9.17) is 0 Å². The van der Waals surface area contributed by atoms with Crippen molar-refractivity contribution in [2.75, 3.05) is 6.54 Å². The van der Waals surface area contributed by atoms with Crippen molar-refractivity contribution in [2.45, 2.75) is 52.5 Å². The van der Waals surface area contributed by atoms with E-state index in [0.29, 0.717) is 11.0 Å². The molecule has 0 radical (unpaired) electrons. The van der Waals surface area contributed by atoms with Crippen molar-refractivity contribution in [3.8, 4) is 0 Å². The zero-order valence-electron chi connectivity index (χ0n) is 8.33. The lowest BCUT2D eigenvalue weighted by Gasteiger charge is -2.43. The Balaban J connectivity index is 2.59. The predicted octanol–water partition coefficient (Wildman–Crippen LogP) is 2.56. The largest absolute Gasteiger partial charge is 0.312 e. The molecule has 0 aromatic rings. The van der Waals surface area contributed by atoms with E-state index in [9.17, 15) is 0 Å². The van der Waals surface area contributed by atoms with Crippen molar-refractivity contribution in [3.63, 3.8) is 0 Å². The van der Waals surface area contributed by atoms with Crippen LogP contribution in [0, 0.1) is 5.41 Å². The summed E-state index contributed by atoms with van der Waals surface area (Å²) in [5, 5.41) is 3.55. The standard InChI is InChI=1S/C10H21N/c1-5-10(4)6-7-11-9(2,3)8-10/h11H,5-8H2,1-4H3. The van der Waals surface area contributed by atoms with Gasteiger partial charge in [0.25, 0.3) is 0 Å². The Morgan fingerprint density at radius 3 is 2.27 bits per heavy atom. The van der Waals surface area contributed by atoms with Crippen molar-refractivity contribution in [1.29, 1.82) is 0 Å². The van der Waals surface area contributed by atoms with Crippen LogP contribution in [0.25, 0.3) is 0 Å². The lowest BCUT2D eigenvalue weighted by Crippen LogP contribution is -2.49. The lowest BCUT2D eigenvalue weighted by molar-refractivity contribution is 0.134. The van der Waals surface area contributed by atoms with Crippen LogP contribution >= 0.6 is 0 Å². The van der Waals surface area contributed by atoms with Crippen LogP contribution in [0.3, 0.4) is 0 Å². The summed E-state index contributed by atoms with van der Waals surface area (Å²) in [6.45, 7) is 10.5. The minimum absolute atomic E-state index is 0.364. The normalized spacial score (nSPS) is 37.1. The third-order valence-corrected chi connectivity index (χ3v) is 3.05. The van der Waals surface area contributed by atoms with E-state index in [2.05, 4.69) is 33.0 Å². The van der Waals surface area contributed by atoms with E-state index in [1.165, 1.54) is 25.8 Å². The second-order valence-electron chi connectivity index (χ2n) is 4.90. The second kappa shape index (κ2) is 2.78. The van der Waals surface area contributed by atoms with Crippen LogP contribution in [0.1, 0.15) is 47.0 Å². The van der Waals surface area contributed by atoms with Gasteiger partial charge in [-0.05, 0) is 38.6 Å². The third-order valence-electron chi connectivity index (χ3n) is 3.05. The maximum Gasteiger partial charge on any atom is 0.0130 e. The van der Waals surface area contributed by atoms with Crippen LogP contribution in [0.15, 0.2) is 0 Å². The molecule has 1 rings (SSSR count). The molecule has 1 fully saturated rings. The summed E-state index contributed by atoms with van der Waals surface area (Å²) in [6.07, 6.45) is 3.97. The van der Waals surface area contributed by atoms with E-state index >= 15 is 0 Å². The monoisotopic (exact) mass is 155 g/mol. The molecule has 0 spiro atoms. The van der Waals surface area contributed by atoms with E-state index in [0.717, 1.165) is 0 Å². The van der Waals surface area contributed by atoms with Gasteiger partial charge in [0.2, 0.25) is 0 Å². The maximum absolute atomic E-state index is 3.55. The van der Waals surface area contributed by atoms with E-state index < -0.39 is 0 Å². The van der Waals surface area contributed by atoms with Gasteiger partial charge in [-0.15, -0.1) is 0 Å². The highest BCUT2D eigenvalue weighted by Gasteiger charge is 2.34. The molecule has 1 heterocycles. The topological polar surface area (TPSA) is 12.0 Å². The van der Waals surface area contributed by atoms with Crippen molar-refractivity contribution in [2.24, 2.45) is 5.41 Å². The van der Waals surface area contributed by atoms with Crippen LogP contribution in [-0.2, 0) is 0 Å². The summed E-state index contributed by atoms with van der Waals surface area (Å²) >= 11 is 0. The molecule has 0 bridgehead atoms. The number of hydrogen-bond acceptors (Lipinski definition) is 1. The third kappa shape index (κ3) is 2.19.